The van der Waals surface area contributed by atoms with Crippen molar-refractivity contribution in [2.75, 3.05) is 20.1 Å². The summed E-state index contributed by atoms with van der Waals surface area (Å²) in [6.45, 7) is 4.52. The number of methoxy groups -OCH3 is 2. The Bertz CT molecular complexity index is 971. The lowest BCUT2D eigenvalue weighted by Crippen LogP contribution is -2.47. The lowest BCUT2D eigenvalue weighted by molar-refractivity contribution is -0.140. The highest BCUT2D eigenvalue weighted by atomic mass is 35.5. The zero-order valence-electron chi connectivity index (χ0n) is 20.5. The van der Waals surface area contributed by atoms with Gasteiger partial charge in [-0.15, -0.1) is 11.6 Å². The lowest BCUT2D eigenvalue weighted by Gasteiger charge is -2.34. The summed E-state index contributed by atoms with van der Waals surface area (Å²) in [5, 5.41) is 3.21. The maximum Gasteiger partial charge on any atom is 0.247 e. The molecule has 2 amide bonds. The van der Waals surface area contributed by atoms with Crippen LogP contribution in [0.1, 0.15) is 55.3 Å². The standard InChI is InChI=1S/C27H35ClN2O4/c1-18-5-9-20(10-6-18)17-30(25(31)16-28)26(21-11-14-23(33-3)24(15-21)34-4)27(32)29-22-12-7-19(2)8-13-22/h5-6,9-11,14-15,19,22,26H,7-8,12-13,16-17H2,1-4H3,(H,29,32)/t19?,22?,26-/m0/s1. The SMILES string of the molecule is COc1ccc([C@@H](C(=O)NC2CCC(C)CC2)N(Cc2ccc(C)cc2)C(=O)CCl)cc1OC. The molecule has 184 valence electrons. The smallest absolute Gasteiger partial charge is 0.247 e. The Labute approximate surface area is 207 Å². The second kappa shape index (κ2) is 12.1. The van der Waals surface area contributed by atoms with Gasteiger partial charge < -0.3 is 19.7 Å². The first-order valence-corrected chi connectivity index (χ1v) is 12.3. The summed E-state index contributed by atoms with van der Waals surface area (Å²) < 4.78 is 10.9. The molecule has 0 saturated heterocycles. The largest absolute Gasteiger partial charge is 0.493 e. The van der Waals surface area contributed by atoms with Crippen molar-refractivity contribution < 1.29 is 19.1 Å². The minimum absolute atomic E-state index is 0.0960. The van der Waals surface area contributed by atoms with Gasteiger partial charge in [0.05, 0.1) is 14.2 Å². The number of nitrogens with one attached hydrogen (secondary N) is 1. The number of carbonyl (C=O) groups excluding carboxylic acids is 2. The molecule has 2 aromatic carbocycles. The number of amides is 2. The highest BCUT2D eigenvalue weighted by molar-refractivity contribution is 6.27. The fourth-order valence-electron chi connectivity index (χ4n) is 4.47. The van der Waals surface area contributed by atoms with E-state index in [0.29, 0.717) is 23.0 Å². The Balaban J connectivity index is 1.99. The number of benzene rings is 2. The number of ether oxygens (including phenoxy) is 2. The van der Waals surface area contributed by atoms with Gasteiger partial charge >= 0.3 is 0 Å². The molecule has 34 heavy (non-hydrogen) atoms. The Morgan fingerprint density at radius 3 is 2.26 bits per heavy atom. The summed E-state index contributed by atoms with van der Waals surface area (Å²) in [7, 11) is 3.11. The zero-order chi connectivity index (χ0) is 24.7. The average Bonchev–Trinajstić information content (AvgIpc) is 2.85. The molecule has 2 aromatic rings. The van der Waals surface area contributed by atoms with E-state index in [0.717, 1.165) is 36.8 Å². The first-order chi connectivity index (χ1) is 16.4. The first kappa shape index (κ1) is 25.9. The minimum atomic E-state index is -0.855. The van der Waals surface area contributed by atoms with Crippen LogP contribution in [0.25, 0.3) is 0 Å². The summed E-state index contributed by atoms with van der Waals surface area (Å²) in [5.74, 6) is 0.986. The Morgan fingerprint density at radius 1 is 1.03 bits per heavy atom. The molecule has 6 nitrogen and oxygen atoms in total. The number of alkyl halides is 1. The maximum atomic E-state index is 13.7. The van der Waals surface area contributed by atoms with E-state index < -0.39 is 6.04 Å². The maximum absolute atomic E-state index is 13.7. The van der Waals surface area contributed by atoms with Crippen molar-refractivity contribution in [3.8, 4) is 11.5 Å². The van der Waals surface area contributed by atoms with Crippen molar-refractivity contribution in [1.29, 1.82) is 0 Å². The van der Waals surface area contributed by atoms with Crippen molar-refractivity contribution in [3.05, 3.63) is 59.2 Å². The Morgan fingerprint density at radius 2 is 1.68 bits per heavy atom. The van der Waals surface area contributed by atoms with Gasteiger partial charge in [-0.2, -0.15) is 0 Å². The highest BCUT2D eigenvalue weighted by Crippen LogP contribution is 2.34. The van der Waals surface area contributed by atoms with Crippen LogP contribution in [0.2, 0.25) is 0 Å². The Hall–Kier alpha value is -2.73. The van der Waals surface area contributed by atoms with Gasteiger partial charge in [-0.3, -0.25) is 9.59 Å². The monoisotopic (exact) mass is 486 g/mol. The van der Waals surface area contributed by atoms with Crippen molar-refractivity contribution in [1.82, 2.24) is 10.2 Å². The molecule has 1 saturated carbocycles. The van der Waals surface area contributed by atoms with E-state index in [1.807, 2.05) is 31.2 Å². The Kier molecular flexibility index (Phi) is 9.22. The molecule has 7 heteroatoms. The molecule has 0 unspecified atom stereocenters. The van der Waals surface area contributed by atoms with Crippen LogP contribution >= 0.6 is 11.6 Å². The van der Waals surface area contributed by atoms with E-state index in [2.05, 4.69) is 12.2 Å². The first-order valence-electron chi connectivity index (χ1n) is 11.8. The summed E-state index contributed by atoms with van der Waals surface area (Å²) in [4.78, 5) is 28.4. The van der Waals surface area contributed by atoms with Crippen molar-refractivity contribution in [2.24, 2.45) is 5.92 Å². The van der Waals surface area contributed by atoms with E-state index >= 15 is 0 Å². The molecule has 0 heterocycles. The number of halogens is 1. The third kappa shape index (κ3) is 6.44. The van der Waals surface area contributed by atoms with E-state index in [-0.39, 0.29) is 30.3 Å². The quantitative estimate of drug-likeness (QED) is 0.505. The molecular weight excluding hydrogens is 452 g/mol. The summed E-state index contributed by atoms with van der Waals surface area (Å²) in [6, 6.07) is 12.5. The van der Waals surface area contributed by atoms with E-state index in [1.54, 1.807) is 37.3 Å². The fraction of sp³-hybridized carbons (Fsp3) is 0.481. The molecule has 0 radical (unpaired) electrons. The van der Waals surface area contributed by atoms with Crippen molar-refractivity contribution >= 4 is 23.4 Å². The number of carbonyl (C=O) groups is 2. The predicted octanol–water partition coefficient (Wildman–Crippen LogP) is 5.02. The van der Waals surface area contributed by atoms with Crippen LogP contribution in [-0.2, 0) is 16.1 Å². The number of hydrogen-bond donors (Lipinski definition) is 1. The summed E-state index contributed by atoms with van der Waals surface area (Å²) in [5.41, 5.74) is 2.69. The molecule has 1 atom stereocenters. The second-order valence-corrected chi connectivity index (χ2v) is 9.39. The summed E-state index contributed by atoms with van der Waals surface area (Å²) in [6.07, 6.45) is 4.04. The second-order valence-electron chi connectivity index (χ2n) is 9.12. The van der Waals surface area contributed by atoms with Gasteiger partial charge in [0.2, 0.25) is 11.8 Å². The zero-order valence-corrected chi connectivity index (χ0v) is 21.2. The molecule has 3 rings (SSSR count). The van der Waals surface area contributed by atoms with Crippen LogP contribution in [0.5, 0.6) is 11.5 Å². The van der Waals surface area contributed by atoms with Crippen LogP contribution < -0.4 is 14.8 Å². The summed E-state index contributed by atoms with van der Waals surface area (Å²) >= 11 is 6.02. The average molecular weight is 487 g/mol. The number of nitrogens with zero attached hydrogens (tertiary/aromatic N) is 1. The minimum Gasteiger partial charge on any atom is -0.493 e. The molecule has 0 spiro atoms. The van der Waals surface area contributed by atoms with Gasteiger partial charge in [0.25, 0.3) is 0 Å². The van der Waals surface area contributed by atoms with Gasteiger partial charge in [-0.1, -0.05) is 42.8 Å². The van der Waals surface area contributed by atoms with Gasteiger partial charge in [0.15, 0.2) is 11.5 Å². The molecule has 0 bridgehead atoms. The lowest BCUT2D eigenvalue weighted by atomic mass is 9.87. The molecule has 0 aliphatic heterocycles. The van der Waals surface area contributed by atoms with Crippen molar-refractivity contribution in [3.63, 3.8) is 0 Å². The van der Waals surface area contributed by atoms with E-state index in [1.165, 1.54) is 0 Å². The van der Waals surface area contributed by atoms with Gasteiger partial charge in [0.1, 0.15) is 11.9 Å². The normalized spacial score (nSPS) is 18.6. The van der Waals surface area contributed by atoms with Crippen LogP contribution in [0, 0.1) is 12.8 Å². The fourth-order valence-corrected chi connectivity index (χ4v) is 4.62. The predicted molar refractivity (Wildman–Crippen MR) is 134 cm³/mol. The number of hydrogen-bond acceptors (Lipinski definition) is 4. The van der Waals surface area contributed by atoms with Crippen molar-refractivity contribution in [2.45, 2.75) is 58.2 Å². The molecular formula is C27H35ClN2O4. The van der Waals surface area contributed by atoms with Gasteiger partial charge in [-0.25, -0.2) is 0 Å². The number of aryl methyl sites for hydroxylation is 1. The molecule has 1 N–H and O–H groups in total. The molecule has 1 aliphatic carbocycles. The van der Waals surface area contributed by atoms with Gasteiger partial charge in [-0.05, 0) is 61.8 Å². The van der Waals surface area contributed by atoms with Crippen LogP contribution in [-0.4, -0.2) is 42.9 Å². The van der Waals surface area contributed by atoms with E-state index in [9.17, 15) is 9.59 Å². The molecule has 1 aliphatic rings. The van der Waals surface area contributed by atoms with Gasteiger partial charge in [0, 0.05) is 12.6 Å². The van der Waals surface area contributed by atoms with Crippen LogP contribution in [0.4, 0.5) is 0 Å². The third-order valence-electron chi connectivity index (χ3n) is 6.55. The molecule has 1 fully saturated rings. The third-order valence-corrected chi connectivity index (χ3v) is 6.78. The van der Waals surface area contributed by atoms with Crippen LogP contribution in [0.15, 0.2) is 42.5 Å². The van der Waals surface area contributed by atoms with E-state index in [4.69, 9.17) is 21.1 Å². The topological polar surface area (TPSA) is 67.9 Å². The number of rotatable bonds is 9. The molecule has 0 aromatic heterocycles. The van der Waals surface area contributed by atoms with Crippen LogP contribution in [0.3, 0.4) is 0 Å². The highest BCUT2D eigenvalue weighted by Gasteiger charge is 2.33.